The lowest BCUT2D eigenvalue weighted by Crippen LogP contribution is -2.26. The van der Waals surface area contributed by atoms with Crippen LogP contribution in [0, 0.1) is 5.92 Å². The molecule has 1 saturated heterocycles. The van der Waals surface area contributed by atoms with Crippen molar-refractivity contribution in [2.75, 3.05) is 20.2 Å². The van der Waals surface area contributed by atoms with E-state index >= 15 is 0 Å². The van der Waals surface area contributed by atoms with Gasteiger partial charge in [-0.1, -0.05) is 6.08 Å². The van der Waals surface area contributed by atoms with Crippen LogP contribution in [0.2, 0.25) is 0 Å². The molecule has 5 nitrogen and oxygen atoms in total. The summed E-state index contributed by atoms with van der Waals surface area (Å²) in [5.74, 6) is -1.24. The second-order valence-electron chi connectivity index (χ2n) is 3.71. The predicted octanol–water partition coefficient (Wildman–Crippen LogP) is 0.153. The molecular formula is C11H15NO4. The van der Waals surface area contributed by atoms with E-state index in [0.29, 0.717) is 13.1 Å². The molecule has 1 amide bonds. The second-order valence-corrected chi connectivity index (χ2v) is 3.71. The Balaban J connectivity index is 2.51. The van der Waals surface area contributed by atoms with Crippen LogP contribution in [0.4, 0.5) is 0 Å². The standard InChI is InChI=1S/C11H15NO4/c1-3-4-12-7-8(5-10(12)14)9(13)6-11(15)16-2/h3,8H,1,4-7H2,2H3. The number of hydrogen-bond donors (Lipinski definition) is 0. The molecule has 0 bridgehead atoms. The number of ether oxygens (including phenoxy) is 1. The van der Waals surface area contributed by atoms with Crippen LogP contribution in [-0.4, -0.2) is 42.8 Å². The zero-order chi connectivity index (χ0) is 12.1. The molecule has 1 fully saturated rings. The van der Waals surface area contributed by atoms with Gasteiger partial charge in [-0.25, -0.2) is 0 Å². The van der Waals surface area contributed by atoms with Crippen molar-refractivity contribution in [3.05, 3.63) is 12.7 Å². The third-order valence-electron chi connectivity index (χ3n) is 2.57. The Labute approximate surface area is 94.1 Å². The number of carbonyl (C=O) groups is 3. The molecule has 1 unspecified atom stereocenters. The molecule has 0 saturated carbocycles. The van der Waals surface area contributed by atoms with Crippen LogP contribution in [0.3, 0.4) is 0 Å². The smallest absolute Gasteiger partial charge is 0.313 e. The molecule has 88 valence electrons. The number of carbonyl (C=O) groups excluding carboxylic acids is 3. The Morgan fingerprint density at radius 2 is 2.31 bits per heavy atom. The maximum Gasteiger partial charge on any atom is 0.313 e. The van der Waals surface area contributed by atoms with Crippen LogP contribution in [0.5, 0.6) is 0 Å². The number of likely N-dealkylation sites (tertiary alicyclic amines) is 1. The average Bonchev–Trinajstić information content (AvgIpc) is 2.61. The summed E-state index contributed by atoms with van der Waals surface area (Å²) in [4.78, 5) is 35.5. The number of rotatable bonds is 5. The third-order valence-corrected chi connectivity index (χ3v) is 2.57. The summed E-state index contributed by atoms with van der Waals surface area (Å²) in [6.07, 6.45) is 1.55. The van der Waals surface area contributed by atoms with E-state index in [4.69, 9.17) is 0 Å². The SMILES string of the molecule is C=CCN1CC(C(=O)CC(=O)OC)CC1=O. The Hall–Kier alpha value is -1.65. The van der Waals surface area contributed by atoms with Crippen molar-refractivity contribution in [3.63, 3.8) is 0 Å². The van der Waals surface area contributed by atoms with E-state index in [9.17, 15) is 14.4 Å². The zero-order valence-electron chi connectivity index (χ0n) is 9.27. The first kappa shape index (κ1) is 12.4. The molecule has 0 N–H and O–H groups in total. The van der Waals surface area contributed by atoms with Crippen LogP contribution in [0.15, 0.2) is 12.7 Å². The van der Waals surface area contributed by atoms with E-state index in [1.165, 1.54) is 7.11 Å². The molecule has 1 aliphatic rings. The van der Waals surface area contributed by atoms with Crippen LogP contribution < -0.4 is 0 Å². The van der Waals surface area contributed by atoms with Crippen molar-refractivity contribution in [2.24, 2.45) is 5.92 Å². The molecule has 0 aromatic carbocycles. The molecule has 0 aromatic heterocycles. The van der Waals surface area contributed by atoms with Crippen molar-refractivity contribution in [1.82, 2.24) is 4.90 Å². The summed E-state index contributed by atoms with van der Waals surface area (Å²) in [6.45, 7) is 4.36. The molecule has 1 rings (SSSR count). The van der Waals surface area contributed by atoms with E-state index in [1.54, 1.807) is 11.0 Å². The summed E-state index contributed by atoms with van der Waals surface area (Å²) >= 11 is 0. The minimum Gasteiger partial charge on any atom is -0.469 e. The largest absolute Gasteiger partial charge is 0.469 e. The monoisotopic (exact) mass is 225 g/mol. The molecule has 0 aromatic rings. The summed E-state index contributed by atoms with van der Waals surface area (Å²) < 4.78 is 4.41. The third kappa shape index (κ3) is 2.92. The zero-order valence-corrected chi connectivity index (χ0v) is 9.27. The van der Waals surface area contributed by atoms with Gasteiger partial charge in [0.1, 0.15) is 12.2 Å². The van der Waals surface area contributed by atoms with Gasteiger partial charge in [0.2, 0.25) is 5.91 Å². The average molecular weight is 225 g/mol. The minimum atomic E-state index is -0.556. The van der Waals surface area contributed by atoms with E-state index in [2.05, 4.69) is 11.3 Å². The Morgan fingerprint density at radius 1 is 1.62 bits per heavy atom. The van der Waals surface area contributed by atoms with Crippen molar-refractivity contribution < 1.29 is 19.1 Å². The van der Waals surface area contributed by atoms with Crippen LogP contribution in [-0.2, 0) is 19.1 Å². The maximum atomic E-state index is 11.6. The quantitative estimate of drug-likeness (QED) is 0.379. The Bertz CT molecular complexity index is 324. The number of methoxy groups -OCH3 is 1. The first-order valence-electron chi connectivity index (χ1n) is 5.06. The number of hydrogen-bond acceptors (Lipinski definition) is 4. The molecule has 0 aliphatic carbocycles. The van der Waals surface area contributed by atoms with E-state index < -0.39 is 5.97 Å². The highest BCUT2D eigenvalue weighted by Gasteiger charge is 2.34. The predicted molar refractivity (Wildman–Crippen MR) is 56.5 cm³/mol. The van der Waals surface area contributed by atoms with Gasteiger partial charge in [0.05, 0.1) is 7.11 Å². The highest BCUT2D eigenvalue weighted by atomic mass is 16.5. The van der Waals surface area contributed by atoms with Gasteiger partial charge in [-0.2, -0.15) is 0 Å². The molecule has 0 spiro atoms. The Kier molecular flexibility index (Phi) is 4.22. The fraction of sp³-hybridized carbons (Fsp3) is 0.545. The maximum absolute atomic E-state index is 11.6. The summed E-state index contributed by atoms with van der Waals surface area (Å²) in [5, 5.41) is 0. The van der Waals surface area contributed by atoms with Gasteiger partial charge in [0.15, 0.2) is 0 Å². The van der Waals surface area contributed by atoms with Gasteiger partial charge in [-0.05, 0) is 0 Å². The Morgan fingerprint density at radius 3 is 2.88 bits per heavy atom. The van der Waals surface area contributed by atoms with Crippen LogP contribution >= 0.6 is 0 Å². The van der Waals surface area contributed by atoms with E-state index in [0.717, 1.165) is 0 Å². The van der Waals surface area contributed by atoms with Crippen molar-refractivity contribution in [2.45, 2.75) is 12.8 Å². The van der Waals surface area contributed by atoms with Crippen LogP contribution in [0.1, 0.15) is 12.8 Å². The van der Waals surface area contributed by atoms with Gasteiger partial charge in [-0.3, -0.25) is 14.4 Å². The fourth-order valence-corrected chi connectivity index (χ4v) is 1.68. The molecular weight excluding hydrogens is 210 g/mol. The minimum absolute atomic E-state index is 0.0666. The van der Waals surface area contributed by atoms with Gasteiger partial charge in [0, 0.05) is 25.4 Å². The number of ketones is 1. The normalized spacial score (nSPS) is 19.7. The fourth-order valence-electron chi connectivity index (χ4n) is 1.68. The molecule has 5 heteroatoms. The summed E-state index contributed by atoms with van der Waals surface area (Å²) in [7, 11) is 1.24. The topological polar surface area (TPSA) is 63.7 Å². The first-order valence-corrected chi connectivity index (χ1v) is 5.06. The lowest BCUT2D eigenvalue weighted by molar-refractivity contribution is -0.144. The number of nitrogens with zero attached hydrogens (tertiary/aromatic N) is 1. The first-order chi connectivity index (χ1) is 7.58. The lowest BCUT2D eigenvalue weighted by Gasteiger charge is -2.13. The van der Waals surface area contributed by atoms with Crippen molar-refractivity contribution in [3.8, 4) is 0 Å². The number of Topliss-reactive ketones (excluding diaryl/α,β-unsaturated/α-hetero) is 1. The molecule has 1 heterocycles. The van der Waals surface area contributed by atoms with Crippen molar-refractivity contribution >= 4 is 17.7 Å². The van der Waals surface area contributed by atoms with Crippen molar-refractivity contribution in [1.29, 1.82) is 0 Å². The van der Waals surface area contributed by atoms with Gasteiger partial charge < -0.3 is 9.64 Å². The van der Waals surface area contributed by atoms with Crippen LogP contribution in [0.25, 0.3) is 0 Å². The highest BCUT2D eigenvalue weighted by Crippen LogP contribution is 2.19. The van der Waals surface area contributed by atoms with E-state index in [-0.39, 0.29) is 30.4 Å². The van der Waals surface area contributed by atoms with Gasteiger partial charge >= 0.3 is 5.97 Å². The molecule has 0 radical (unpaired) electrons. The highest BCUT2D eigenvalue weighted by molar-refractivity contribution is 5.99. The molecule has 1 atom stereocenters. The second kappa shape index (κ2) is 5.44. The number of esters is 1. The van der Waals surface area contributed by atoms with Gasteiger partial charge in [-0.15, -0.1) is 6.58 Å². The number of amides is 1. The summed E-state index contributed by atoms with van der Waals surface area (Å²) in [5.41, 5.74) is 0. The molecule has 1 aliphatic heterocycles. The van der Waals surface area contributed by atoms with Gasteiger partial charge in [0.25, 0.3) is 0 Å². The molecule has 16 heavy (non-hydrogen) atoms. The van der Waals surface area contributed by atoms with E-state index in [1.807, 2.05) is 0 Å². The summed E-state index contributed by atoms with van der Waals surface area (Å²) in [6, 6.07) is 0. The lowest BCUT2D eigenvalue weighted by atomic mass is 10.0.